The molecule has 0 amide bonds. The van der Waals surface area contributed by atoms with Crippen molar-refractivity contribution in [2.75, 3.05) is 26.3 Å². The summed E-state index contributed by atoms with van der Waals surface area (Å²) in [6.45, 7) is 3.25. The molecule has 0 aromatic carbocycles. The predicted molar refractivity (Wildman–Crippen MR) is 83.6 cm³/mol. The van der Waals surface area contributed by atoms with Crippen LogP contribution in [0, 0.1) is 0 Å². The van der Waals surface area contributed by atoms with Gasteiger partial charge in [-0.25, -0.2) is 11.0 Å². The van der Waals surface area contributed by atoms with Gasteiger partial charge in [-0.2, -0.15) is 0 Å². The van der Waals surface area contributed by atoms with Crippen molar-refractivity contribution >= 4 is 12.8 Å². The van der Waals surface area contributed by atoms with Gasteiger partial charge in [0.25, 0.3) is 0 Å². The van der Waals surface area contributed by atoms with Crippen LogP contribution in [0.25, 0.3) is 0 Å². The topological polar surface area (TPSA) is 85.7 Å². The molecule has 8 nitrogen and oxygen atoms in total. The minimum absolute atomic E-state index is 0.778. The second-order valence-corrected chi connectivity index (χ2v) is 3.61. The van der Waals surface area contributed by atoms with Gasteiger partial charge in [-0.15, -0.1) is 0 Å². The lowest BCUT2D eigenvalue weighted by molar-refractivity contribution is 0.172. The highest BCUT2D eigenvalue weighted by molar-refractivity contribution is 5.48. The molecule has 8 heteroatoms. The lowest BCUT2D eigenvalue weighted by Gasteiger charge is -1.97. The molecule has 0 radical (unpaired) electrons. The third kappa shape index (κ3) is 12.2. The highest BCUT2D eigenvalue weighted by atomic mass is 16.6. The third-order valence-corrected chi connectivity index (χ3v) is 1.95. The molecule has 4 aliphatic heterocycles. The number of allylic oxidation sites excluding steroid dienone is 4. The van der Waals surface area contributed by atoms with Crippen molar-refractivity contribution in [2.24, 2.45) is 9.98 Å². The number of aliphatic imine (C=N–C) groups is 2. The van der Waals surface area contributed by atoms with E-state index in [0.29, 0.717) is 0 Å². The maximum atomic E-state index is 4.65. The molecule has 0 aromatic heterocycles. The van der Waals surface area contributed by atoms with Gasteiger partial charge in [-0.05, 0) is 24.3 Å². The highest BCUT2D eigenvalue weighted by Gasteiger charge is 1.85. The Morgan fingerprint density at radius 3 is 1.27 bits per heavy atom. The first kappa shape index (κ1) is 17.2. The maximum absolute atomic E-state index is 4.65. The van der Waals surface area contributed by atoms with Crippen LogP contribution in [0.3, 0.4) is 0 Å². The van der Waals surface area contributed by atoms with Crippen LogP contribution in [0.2, 0.25) is 0 Å². The quantitative estimate of drug-likeness (QED) is 0.699. The standard InChI is InChI=1S/2C4H5NO.2C3H5NO/c2*1-2-4-6-5-3-1;2*1-2-5-3-4-1/h2*1-5H;2*3H,1-2H2. The molecule has 0 saturated carbocycles. The Hall–Kier alpha value is -2.90. The molecule has 0 bridgehead atoms. The predicted octanol–water partition coefficient (Wildman–Crippen LogP) is 1.19. The average Bonchev–Trinajstić information content (AvgIpc) is 3.37. The Bertz CT molecular complexity index is 355. The molecule has 4 rings (SSSR count). The largest absolute Gasteiger partial charge is 0.482 e. The molecule has 0 aliphatic carbocycles. The van der Waals surface area contributed by atoms with Gasteiger partial charge in [0.2, 0.25) is 0 Å². The first-order chi connectivity index (χ1) is 11.0. The molecular weight excluding hydrogens is 288 g/mol. The fraction of sp³-hybridized carbons (Fsp3) is 0.286. The van der Waals surface area contributed by atoms with Crippen LogP contribution in [0.5, 0.6) is 0 Å². The average molecular weight is 308 g/mol. The summed E-state index contributed by atoms with van der Waals surface area (Å²) in [6.07, 6.45) is 16.8. The molecule has 0 fully saturated rings. The summed E-state index contributed by atoms with van der Waals surface area (Å²) in [5, 5.41) is 0. The molecule has 22 heavy (non-hydrogen) atoms. The zero-order chi connectivity index (χ0) is 15.6. The summed E-state index contributed by atoms with van der Waals surface area (Å²) in [5.74, 6) is 0. The van der Waals surface area contributed by atoms with E-state index in [1.807, 2.05) is 12.2 Å². The first-order valence-electron chi connectivity index (χ1n) is 6.65. The van der Waals surface area contributed by atoms with Crippen LogP contribution in [0.4, 0.5) is 0 Å². The molecule has 2 N–H and O–H groups in total. The van der Waals surface area contributed by atoms with Crippen LogP contribution in [-0.2, 0) is 19.1 Å². The SMILES string of the molecule is C1=CNOC=C1.C1=CNOC=C1.C1=NCCO1.C1=NCCO1. The van der Waals surface area contributed by atoms with E-state index in [-0.39, 0.29) is 0 Å². The van der Waals surface area contributed by atoms with Crippen molar-refractivity contribution < 1.29 is 19.1 Å². The van der Waals surface area contributed by atoms with Crippen LogP contribution < -0.4 is 11.0 Å². The second-order valence-electron chi connectivity index (χ2n) is 3.61. The van der Waals surface area contributed by atoms with Gasteiger partial charge in [-0.3, -0.25) is 9.98 Å². The molecule has 0 aromatic rings. The van der Waals surface area contributed by atoms with E-state index in [9.17, 15) is 0 Å². The molecule has 4 heterocycles. The summed E-state index contributed by atoms with van der Waals surface area (Å²) in [7, 11) is 0. The van der Waals surface area contributed by atoms with Crippen molar-refractivity contribution in [3.63, 3.8) is 0 Å². The van der Waals surface area contributed by atoms with E-state index >= 15 is 0 Å². The highest BCUT2D eigenvalue weighted by Crippen LogP contribution is 1.81. The zero-order valence-electron chi connectivity index (χ0n) is 12.1. The third-order valence-electron chi connectivity index (χ3n) is 1.95. The molecule has 0 atom stereocenters. The molecule has 120 valence electrons. The molecule has 0 saturated heterocycles. The number of nitrogens with zero attached hydrogens (tertiary/aromatic N) is 2. The normalized spacial score (nSPS) is 17.5. The fourth-order valence-electron chi connectivity index (χ4n) is 1.04. The summed E-state index contributed by atoms with van der Waals surface area (Å²) in [4.78, 5) is 16.6. The van der Waals surface area contributed by atoms with Crippen molar-refractivity contribution in [1.29, 1.82) is 0 Å². The van der Waals surface area contributed by atoms with Gasteiger partial charge in [0.05, 0.1) is 13.1 Å². The summed E-state index contributed by atoms with van der Waals surface area (Å²) < 4.78 is 9.31. The lowest BCUT2D eigenvalue weighted by Crippen LogP contribution is -2.01. The zero-order valence-corrected chi connectivity index (χ0v) is 12.1. The number of ether oxygens (including phenoxy) is 2. The first-order valence-corrected chi connectivity index (χ1v) is 6.65. The van der Waals surface area contributed by atoms with Crippen molar-refractivity contribution in [3.05, 3.63) is 49.2 Å². The van der Waals surface area contributed by atoms with Gasteiger partial charge >= 0.3 is 0 Å². The second kappa shape index (κ2) is 14.5. The van der Waals surface area contributed by atoms with E-state index in [0.717, 1.165) is 26.3 Å². The van der Waals surface area contributed by atoms with Crippen LogP contribution >= 0.6 is 0 Å². The number of hydroxylamine groups is 2. The Labute approximate surface area is 129 Å². The van der Waals surface area contributed by atoms with Gasteiger partial charge in [0.1, 0.15) is 25.7 Å². The van der Waals surface area contributed by atoms with Gasteiger partial charge in [0.15, 0.2) is 12.8 Å². The fourth-order valence-corrected chi connectivity index (χ4v) is 1.04. The van der Waals surface area contributed by atoms with Crippen LogP contribution in [-0.4, -0.2) is 39.1 Å². The Balaban J connectivity index is 0.000000147. The van der Waals surface area contributed by atoms with Gasteiger partial charge < -0.3 is 19.1 Å². The van der Waals surface area contributed by atoms with Crippen molar-refractivity contribution in [3.8, 4) is 0 Å². The number of nitrogens with one attached hydrogen (secondary N) is 2. The number of hydrogen-bond acceptors (Lipinski definition) is 8. The monoisotopic (exact) mass is 308 g/mol. The lowest BCUT2D eigenvalue weighted by atomic mass is 10.6. The van der Waals surface area contributed by atoms with Crippen LogP contribution in [0.1, 0.15) is 0 Å². The maximum Gasteiger partial charge on any atom is 0.169 e. The molecular formula is C14H20N4O4. The number of hydrogen-bond donors (Lipinski definition) is 2. The van der Waals surface area contributed by atoms with Crippen molar-refractivity contribution in [2.45, 2.75) is 0 Å². The Kier molecular flexibility index (Phi) is 11.3. The summed E-state index contributed by atoms with van der Waals surface area (Å²) in [5.41, 5.74) is 5.03. The summed E-state index contributed by atoms with van der Waals surface area (Å²) >= 11 is 0. The van der Waals surface area contributed by atoms with Gasteiger partial charge in [0, 0.05) is 12.4 Å². The van der Waals surface area contributed by atoms with Crippen LogP contribution in [0.15, 0.2) is 59.2 Å². The Morgan fingerprint density at radius 1 is 0.682 bits per heavy atom. The van der Waals surface area contributed by atoms with Gasteiger partial charge in [-0.1, -0.05) is 0 Å². The minimum atomic E-state index is 0.778. The smallest absolute Gasteiger partial charge is 0.169 e. The van der Waals surface area contributed by atoms with Crippen molar-refractivity contribution in [1.82, 2.24) is 11.0 Å². The Morgan fingerprint density at radius 2 is 1.18 bits per heavy atom. The van der Waals surface area contributed by atoms with E-state index in [2.05, 4.69) is 40.1 Å². The van der Waals surface area contributed by atoms with E-state index in [1.165, 1.54) is 12.8 Å². The minimum Gasteiger partial charge on any atom is -0.482 e. The number of rotatable bonds is 0. The molecule has 4 aliphatic rings. The van der Waals surface area contributed by atoms with E-state index in [1.54, 1.807) is 37.1 Å². The molecule has 0 unspecified atom stereocenters. The van der Waals surface area contributed by atoms with E-state index < -0.39 is 0 Å². The molecule has 0 spiro atoms. The van der Waals surface area contributed by atoms with E-state index in [4.69, 9.17) is 0 Å². The summed E-state index contributed by atoms with van der Waals surface area (Å²) in [6, 6.07) is 0.